The molecular weight excluding hydrogens is 280 g/mol. The predicted molar refractivity (Wildman–Crippen MR) is 84.7 cm³/mol. The van der Waals surface area contributed by atoms with Gasteiger partial charge < -0.3 is 10.1 Å². The molecule has 0 aromatic heterocycles. The van der Waals surface area contributed by atoms with Crippen molar-refractivity contribution in [1.82, 2.24) is 10.6 Å². The van der Waals surface area contributed by atoms with E-state index in [0.717, 1.165) is 23.7 Å². The van der Waals surface area contributed by atoms with Crippen molar-refractivity contribution < 1.29 is 14.3 Å². The maximum atomic E-state index is 11.6. The third-order valence-electron chi connectivity index (χ3n) is 3.68. The van der Waals surface area contributed by atoms with Crippen LogP contribution in [0.5, 0.6) is 5.75 Å². The van der Waals surface area contributed by atoms with Gasteiger partial charge in [-0.15, -0.1) is 0 Å². The number of hydrogen-bond acceptors (Lipinski definition) is 3. The van der Waals surface area contributed by atoms with Gasteiger partial charge in [-0.05, 0) is 30.0 Å². The fraction of sp³-hybridized carbons (Fsp3) is 0.529. The topological polar surface area (TPSA) is 67.4 Å². The van der Waals surface area contributed by atoms with Crippen molar-refractivity contribution in [3.63, 3.8) is 0 Å². The average Bonchev–Trinajstić information content (AvgIpc) is 2.82. The molecule has 2 rings (SSSR count). The van der Waals surface area contributed by atoms with Crippen LogP contribution in [0.1, 0.15) is 51.1 Å². The second-order valence-corrected chi connectivity index (χ2v) is 6.06. The molecule has 2 N–H and O–H groups in total. The van der Waals surface area contributed by atoms with Gasteiger partial charge in [0.1, 0.15) is 11.8 Å². The number of rotatable bonds is 8. The standard InChI is InChI=1S/C17H24N2O3/c1-12(2)6-4-3-5-11-22-14-9-7-13(8-10-14)15-16(20)19-17(21)18-15/h7-10,12,15H,3-6,11H2,1-2H3,(H2,18,19,20,21)/t15-/m0/s1. The molecule has 1 aliphatic heterocycles. The van der Waals surface area contributed by atoms with Crippen molar-refractivity contribution in [2.45, 2.75) is 45.6 Å². The zero-order valence-electron chi connectivity index (χ0n) is 13.2. The minimum Gasteiger partial charge on any atom is -0.494 e. The number of benzene rings is 1. The molecule has 3 amide bonds. The quantitative estimate of drug-likeness (QED) is 0.572. The SMILES string of the molecule is CC(C)CCCCCOc1ccc([C@@H]2NC(=O)NC2=O)cc1. The summed E-state index contributed by atoms with van der Waals surface area (Å²) in [6.07, 6.45) is 4.75. The fourth-order valence-corrected chi connectivity index (χ4v) is 2.43. The Kier molecular flexibility index (Phi) is 5.81. The number of nitrogens with one attached hydrogen (secondary N) is 2. The minimum atomic E-state index is -0.599. The summed E-state index contributed by atoms with van der Waals surface area (Å²) in [5, 5.41) is 4.80. The summed E-state index contributed by atoms with van der Waals surface area (Å²) in [5.74, 6) is 1.24. The van der Waals surface area contributed by atoms with Gasteiger partial charge >= 0.3 is 6.03 Å². The molecule has 120 valence electrons. The van der Waals surface area contributed by atoms with Crippen LogP contribution in [-0.4, -0.2) is 18.5 Å². The molecule has 22 heavy (non-hydrogen) atoms. The Morgan fingerprint density at radius 1 is 1.09 bits per heavy atom. The number of amides is 3. The van der Waals surface area contributed by atoms with Gasteiger partial charge in [0.25, 0.3) is 5.91 Å². The van der Waals surface area contributed by atoms with E-state index in [-0.39, 0.29) is 5.91 Å². The number of imide groups is 1. The summed E-state index contributed by atoms with van der Waals surface area (Å²) < 4.78 is 5.69. The van der Waals surface area contributed by atoms with Crippen molar-refractivity contribution in [2.75, 3.05) is 6.61 Å². The third-order valence-corrected chi connectivity index (χ3v) is 3.68. The van der Waals surface area contributed by atoms with Crippen molar-refractivity contribution in [3.8, 4) is 5.75 Å². The van der Waals surface area contributed by atoms with Crippen LogP contribution in [0.4, 0.5) is 4.79 Å². The van der Waals surface area contributed by atoms with Gasteiger partial charge in [0, 0.05) is 0 Å². The number of ether oxygens (including phenoxy) is 1. The van der Waals surface area contributed by atoms with Crippen LogP contribution in [0.3, 0.4) is 0 Å². The van der Waals surface area contributed by atoms with Crippen LogP contribution in [-0.2, 0) is 4.79 Å². The normalized spacial score (nSPS) is 17.5. The van der Waals surface area contributed by atoms with Gasteiger partial charge in [-0.3, -0.25) is 10.1 Å². The van der Waals surface area contributed by atoms with Crippen molar-refractivity contribution in [3.05, 3.63) is 29.8 Å². The largest absolute Gasteiger partial charge is 0.494 e. The summed E-state index contributed by atoms with van der Waals surface area (Å²) in [6, 6.07) is 6.24. The number of carbonyl (C=O) groups excluding carboxylic acids is 2. The minimum absolute atomic E-state index is 0.316. The molecule has 1 fully saturated rings. The molecule has 1 aliphatic rings. The zero-order valence-corrected chi connectivity index (χ0v) is 13.2. The van der Waals surface area contributed by atoms with E-state index < -0.39 is 12.1 Å². The Balaban J connectivity index is 1.73. The molecule has 1 saturated heterocycles. The highest BCUT2D eigenvalue weighted by atomic mass is 16.5. The Hall–Kier alpha value is -2.04. The lowest BCUT2D eigenvalue weighted by Gasteiger charge is -2.10. The highest BCUT2D eigenvalue weighted by Crippen LogP contribution is 2.20. The van der Waals surface area contributed by atoms with E-state index in [1.54, 1.807) is 0 Å². The maximum absolute atomic E-state index is 11.6. The van der Waals surface area contributed by atoms with Crippen molar-refractivity contribution >= 4 is 11.9 Å². The summed E-state index contributed by atoms with van der Waals surface area (Å²) in [6.45, 7) is 5.19. The summed E-state index contributed by atoms with van der Waals surface area (Å²) in [4.78, 5) is 22.7. The summed E-state index contributed by atoms with van der Waals surface area (Å²) in [7, 11) is 0. The van der Waals surface area contributed by atoms with Crippen LogP contribution in [0.2, 0.25) is 0 Å². The van der Waals surface area contributed by atoms with Crippen LogP contribution < -0.4 is 15.4 Å². The van der Waals surface area contributed by atoms with E-state index >= 15 is 0 Å². The highest BCUT2D eigenvalue weighted by Gasteiger charge is 2.30. The van der Waals surface area contributed by atoms with E-state index in [2.05, 4.69) is 24.5 Å². The summed E-state index contributed by atoms with van der Waals surface area (Å²) >= 11 is 0. The summed E-state index contributed by atoms with van der Waals surface area (Å²) in [5.41, 5.74) is 0.757. The fourth-order valence-electron chi connectivity index (χ4n) is 2.43. The molecule has 0 unspecified atom stereocenters. The van der Waals surface area contributed by atoms with Gasteiger partial charge in [-0.2, -0.15) is 0 Å². The van der Waals surface area contributed by atoms with Gasteiger partial charge in [0.05, 0.1) is 6.61 Å². The van der Waals surface area contributed by atoms with Crippen molar-refractivity contribution in [1.29, 1.82) is 0 Å². The monoisotopic (exact) mass is 304 g/mol. The second kappa shape index (κ2) is 7.82. The maximum Gasteiger partial charge on any atom is 0.322 e. The molecule has 0 aliphatic carbocycles. The lowest BCUT2D eigenvalue weighted by atomic mass is 10.1. The number of urea groups is 1. The van der Waals surface area contributed by atoms with Crippen molar-refractivity contribution in [2.24, 2.45) is 5.92 Å². The number of hydrogen-bond donors (Lipinski definition) is 2. The van der Waals surface area contributed by atoms with Crippen LogP contribution in [0.25, 0.3) is 0 Å². The lowest BCUT2D eigenvalue weighted by Crippen LogP contribution is -2.22. The van der Waals surface area contributed by atoms with Crippen LogP contribution >= 0.6 is 0 Å². The molecule has 1 heterocycles. The van der Waals surface area contributed by atoms with E-state index in [0.29, 0.717) is 6.61 Å². The van der Waals surface area contributed by atoms with Crippen LogP contribution in [0, 0.1) is 5.92 Å². The number of carbonyl (C=O) groups is 2. The first-order chi connectivity index (χ1) is 10.6. The molecular formula is C17H24N2O3. The van der Waals surface area contributed by atoms with Gasteiger partial charge in [-0.1, -0.05) is 45.2 Å². The first-order valence-corrected chi connectivity index (χ1v) is 7.90. The second-order valence-electron chi connectivity index (χ2n) is 6.06. The Morgan fingerprint density at radius 3 is 2.41 bits per heavy atom. The smallest absolute Gasteiger partial charge is 0.322 e. The third kappa shape index (κ3) is 4.76. The molecule has 1 aromatic carbocycles. The molecule has 0 bridgehead atoms. The Morgan fingerprint density at radius 2 is 1.82 bits per heavy atom. The molecule has 5 nitrogen and oxygen atoms in total. The lowest BCUT2D eigenvalue weighted by molar-refractivity contribution is -0.120. The van der Waals surface area contributed by atoms with Crippen LogP contribution in [0.15, 0.2) is 24.3 Å². The average molecular weight is 304 g/mol. The van der Waals surface area contributed by atoms with E-state index in [1.807, 2.05) is 24.3 Å². The molecule has 0 radical (unpaired) electrons. The predicted octanol–water partition coefficient (Wildman–Crippen LogP) is 3.16. The first kappa shape index (κ1) is 16.3. The van der Waals surface area contributed by atoms with E-state index in [1.165, 1.54) is 19.3 Å². The molecule has 1 atom stereocenters. The molecule has 5 heteroatoms. The zero-order chi connectivity index (χ0) is 15.9. The molecule has 0 saturated carbocycles. The molecule has 0 spiro atoms. The van der Waals surface area contributed by atoms with Gasteiger partial charge in [-0.25, -0.2) is 4.79 Å². The van der Waals surface area contributed by atoms with E-state index in [4.69, 9.17) is 4.74 Å². The first-order valence-electron chi connectivity index (χ1n) is 7.90. The van der Waals surface area contributed by atoms with E-state index in [9.17, 15) is 9.59 Å². The highest BCUT2D eigenvalue weighted by molar-refractivity contribution is 6.04. The van der Waals surface area contributed by atoms with Gasteiger partial charge in [0.15, 0.2) is 0 Å². The van der Waals surface area contributed by atoms with Gasteiger partial charge in [0.2, 0.25) is 0 Å². The Bertz CT molecular complexity index is 511. The number of unbranched alkanes of at least 4 members (excludes halogenated alkanes) is 2. The Labute approximate surface area is 131 Å². The molecule has 1 aromatic rings.